The molecule has 240 valence electrons. The van der Waals surface area contributed by atoms with Gasteiger partial charge >= 0.3 is 12.1 Å². The molecule has 1 fully saturated rings. The van der Waals surface area contributed by atoms with E-state index >= 15 is 0 Å². The maximum absolute atomic E-state index is 13.2. The van der Waals surface area contributed by atoms with Gasteiger partial charge in [0.1, 0.15) is 11.5 Å². The number of hydrogen-bond donors (Lipinski definition) is 2. The minimum atomic E-state index is -5.19. The summed E-state index contributed by atoms with van der Waals surface area (Å²) in [5, 5.41) is 5.74. The predicted octanol–water partition coefficient (Wildman–Crippen LogP) is 4.57. The number of alkyl halides is 3. The first-order valence-electron chi connectivity index (χ1n) is 14.8. The lowest BCUT2D eigenvalue weighted by atomic mass is 9.94. The Hall–Kier alpha value is -3.71. The van der Waals surface area contributed by atoms with Gasteiger partial charge in [-0.2, -0.15) is 13.2 Å². The molecule has 0 saturated heterocycles. The van der Waals surface area contributed by atoms with Gasteiger partial charge in [0, 0.05) is 19.1 Å². The fourth-order valence-electron chi connectivity index (χ4n) is 5.34. The fraction of sp³-hybridized carbons (Fsp3) is 0.516. The van der Waals surface area contributed by atoms with E-state index in [-0.39, 0.29) is 42.2 Å². The molecule has 4 rings (SSSR count). The Labute approximate surface area is 253 Å². The highest BCUT2D eigenvalue weighted by molar-refractivity contribution is 5.98. The van der Waals surface area contributed by atoms with Crippen LogP contribution in [0.15, 0.2) is 36.4 Å². The summed E-state index contributed by atoms with van der Waals surface area (Å²) in [6.07, 6.45) is 1.33. The molecule has 0 aromatic heterocycles. The van der Waals surface area contributed by atoms with Crippen molar-refractivity contribution < 1.29 is 46.2 Å². The number of esters is 1. The quantitative estimate of drug-likeness (QED) is 0.138. The number of fused-ring (bicyclic) bond motifs is 1. The van der Waals surface area contributed by atoms with Crippen LogP contribution in [0.25, 0.3) is 0 Å². The molecule has 13 heteroatoms. The zero-order chi connectivity index (χ0) is 31.5. The number of rotatable bonds is 14. The fourth-order valence-corrected chi connectivity index (χ4v) is 5.34. The van der Waals surface area contributed by atoms with Crippen LogP contribution in [0.2, 0.25) is 0 Å². The smallest absolute Gasteiger partial charge is 0.481 e. The highest BCUT2D eigenvalue weighted by atomic mass is 19.4. The Bertz CT molecular complexity index is 1280. The summed E-state index contributed by atoms with van der Waals surface area (Å²) in [4.78, 5) is 38.3. The van der Waals surface area contributed by atoms with Crippen molar-refractivity contribution in [1.82, 2.24) is 10.2 Å². The first-order chi connectivity index (χ1) is 21.1. The van der Waals surface area contributed by atoms with Gasteiger partial charge in [0.05, 0.1) is 19.6 Å². The summed E-state index contributed by atoms with van der Waals surface area (Å²) < 4.78 is 66.8. The Balaban J connectivity index is 1.26. The Morgan fingerprint density at radius 1 is 1.00 bits per heavy atom. The second-order valence-electron chi connectivity index (χ2n) is 10.8. The Kier molecular flexibility index (Phi) is 12.0. The van der Waals surface area contributed by atoms with Gasteiger partial charge in [-0.05, 0) is 61.6 Å². The van der Waals surface area contributed by atoms with Crippen LogP contribution in [0.4, 0.5) is 23.2 Å². The third-order valence-corrected chi connectivity index (χ3v) is 7.59. The summed E-state index contributed by atoms with van der Waals surface area (Å²) in [6, 6.07) is 9.10. The second kappa shape index (κ2) is 15.8. The third kappa shape index (κ3) is 9.65. The van der Waals surface area contributed by atoms with Gasteiger partial charge in [0.25, 0.3) is 5.91 Å². The van der Waals surface area contributed by atoms with E-state index < -0.39 is 23.8 Å². The molecule has 0 spiro atoms. The number of hydrogen-bond acceptors (Lipinski definition) is 7. The summed E-state index contributed by atoms with van der Waals surface area (Å²) in [5.41, 5.74) is 1.45. The van der Waals surface area contributed by atoms with E-state index in [0.717, 1.165) is 37.7 Å². The minimum Gasteiger partial charge on any atom is -0.481 e. The standard InChI is InChI=1S/C31H37F4N3O6/c32-23-9-6-21(7-10-23)13-18-42-19-14-27(40)38(24-4-2-1-3-5-24)17-16-36-15-12-22-8-11-25(44-30(41)31(33,34)35)28-29(22)43-20-26(39)37-28/h6-11,24,36H,1-5,12-20H2,(H,37,39). The number of amides is 2. The molecule has 1 aliphatic carbocycles. The van der Waals surface area contributed by atoms with E-state index in [4.69, 9.17) is 9.47 Å². The summed E-state index contributed by atoms with van der Waals surface area (Å²) in [7, 11) is 0. The molecule has 1 saturated carbocycles. The highest BCUT2D eigenvalue weighted by Crippen LogP contribution is 2.40. The molecule has 2 N–H and O–H groups in total. The SMILES string of the molecule is O=C1COc2c(CCNCCN(C(=O)CCOCCc3ccc(F)cc3)C3CCCCC3)ccc(OC(=O)C(F)(F)F)c2N1. The van der Waals surface area contributed by atoms with Gasteiger partial charge < -0.3 is 29.7 Å². The Morgan fingerprint density at radius 2 is 1.75 bits per heavy atom. The van der Waals surface area contributed by atoms with Crippen molar-refractivity contribution in [3.8, 4) is 11.5 Å². The van der Waals surface area contributed by atoms with Gasteiger partial charge in [-0.1, -0.05) is 37.5 Å². The summed E-state index contributed by atoms with van der Waals surface area (Å²) >= 11 is 0. The van der Waals surface area contributed by atoms with Crippen molar-refractivity contribution in [2.75, 3.05) is 44.8 Å². The number of ether oxygens (including phenoxy) is 3. The molecule has 44 heavy (non-hydrogen) atoms. The average molecular weight is 624 g/mol. The van der Waals surface area contributed by atoms with Crippen molar-refractivity contribution in [3.05, 3.63) is 53.3 Å². The molecule has 2 aliphatic rings. The van der Waals surface area contributed by atoms with Gasteiger partial charge in [0.15, 0.2) is 18.1 Å². The van der Waals surface area contributed by atoms with Crippen molar-refractivity contribution in [2.45, 2.75) is 63.6 Å². The summed E-state index contributed by atoms with van der Waals surface area (Å²) in [5.74, 6) is -3.54. The molecule has 2 aromatic rings. The highest BCUT2D eigenvalue weighted by Gasteiger charge is 2.42. The molecular formula is C31H37F4N3O6. The van der Waals surface area contributed by atoms with E-state index in [9.17, 15) is 31.9 Å². The average Bonchev–Trinajstić information content (AvgIpc) is 3.00. The Morgan fingerprint density at radius 3 is 2.48 bits per heavy atom. The van der Waals surface area contributed by atoms with Crippen LogP contribution in [0.1, 0.15) is 49.7 Å². The zero-order valence-electron chi connectivity index (χ0n) is 24.3. The van der Waals surface area contributed by atoms with E-state index in [0.29, 0.717) is 51.3 Å². The molecule has 1 heterocycles. The number of anilines is 1. The van der Waals surface area contributed by atoms with Gasteiger partial charge in [-0.25, -0.2) is 9.18 Å². The van der Waals surface area contributed by atoms with Gasteiger partial charge in [-0.15, -0.1) is 0 Å². The van der Waals surface area contributed by atoms with Crippen LogP contribution < -0.4 is 20.1 Å². The maximum atomic E-state index is 13.2. The van der Waals surface area contributed by atoms with Crippen LogP contribution in [-0.4, -0.2) is 74.4 Å². The van der Waals surface area contributed by atoms with Crippen LogP contribution in [0.3, 0.4) is 0 Å². The van der Waals surface area contributed by atoms with E-state index in [1.807, 2.05) is 4.90 Å². The van der Waals surface area contributed by atoms with Crippen molar-refractivity contribution in [3.63, 3.8) is 0 Å². The number of carbonyl (C=O) groups is 3. The van der Waals surface area contributed by atoms with Crippen LogP contribution >= 0.6 is 0 Å². The second-order valence-corrected chi connectivity index (χ2v) is 10.8. The topological polar surface area (TPSA) is 106 Å². The first kappa shape index (κ1) is 33.2. The molecule has 0 radical (unpaired) electrons. The molecule has 0 unspecified atom stereocenters. The molecule has 2 amide bonds. The summed E-state index contributed by atoms with van der Waals surface area (Å²) in [6.45, 7) is 1.91. The zero-order valence-corrected chi connectivity index (χ0v) is 24.3. The molecule has 2 aromatic carbocycles. The third-order valence-electron chi connectivity index (χ3n) is 7.59. The van der Waals surface area contributed by atoms with Crippen molar-refractivity contribution in [2.24, 2.45) is 0 Å². The van der Waals surface area contributed by atoms with Crippen LogP contribution in [0.5, 0.6) is 11.5 Å². The van der Waals surface area contributed by atoms with E-state index in [2.05, 4.69) is 15.4 Å². The lowest BCUT2D eigenvalue weighted by Gasteiger charge is -2.34. The van der Waals surface area contributed by atoms with Crippen LogP contribution in [0, 0.1) is 5.82 Å². The maximum Gasteiger partial charge on any atom is 0.491 e. The first-order valence-corrected chi connectivity index (χ1v) is 14.8. The molecule has 0 bridgehead atoms. The molecular weight excluding hydrogens is 586 g/mol. The predicted molar refractivity (Wildman–Crippen MR) is 153 cm³/mol. The number of nitrogens with zero attached hydrogens (tertiary/aromatic N) is 1. The number of nitrogens with one attached hydrogen (secondary N) is 2. The normalized spacial score (nSPS) is 15.2. The lowest BCUT2D eigenvalue weighted by Crippen LogP contribution is -2.45. The lowest BCUT2D eigenvalue weighted by molar-refractivity contribution is -0.189. The van der Waals surface area contributed by atoms with Crippen molar-refractivity contribution in [1.29, 1.82) is 0 Å². The van der Waals surface area contributed by atoms with E-state index in [1.165, 1.54) is 24.3 Å². The molecule has 1 aliphatic heterocycles. The van der Waals surface area contributed by atoms with Crippen LogP contribution in [-0.2, 0) is 32.0 Å². The molecule has 9 nitrogen and oxygen atoms in total. The monoisotopic (exact) mass is 623 g/mol. The van der Waals surface area contributed by atoms with E-state index in [1.54, 1.807) is 12.1 Å². The molecule has 0 atom stereocenters. The van der Waals surface area contributed by atoms with Crippen molar-refractivity contribution >= 4 is 23.5 Å². The largest absolute Gasteiger partial charge is 0.491 e. The minimum absolute atomic E-state index is 0.0303. The number of carbonyl (C=O) groups excluding carboxylic acids is 3. The number of benzene rings is 2. The number of halogens is 4. The van der Waals surface area contributed by atoms with Gasteiger partial charge in [0.2, 0.25) is 5.91 Å². The van der Waals surface area contributed by atoms with Gasteiger partial charge in [-0.3, -0.25) is 9.59 Å².